The van der Waals surface area contributed by atoms with Crippen molar-refractivity contribution >= 4 is 17.5 Å². The van der Waals surface area contributed by atoms with Gasteiger partial charge in [-0.25, -0.2) is 0 Å². The van der Waals surface area contributed by atoms with Crippen LogP contribution in [0.15, 0.2) is 0 Å². The average Bonchev–Trinajstić information content (AvgIpc) is 2.34. The molecule has 0 bridgehead atoms. The summed E-state index contributed by atoms with van der Waals surface area (Å²) in [6.45, 7) is 4.13. The van der Waals surface area contributed by atoms with Crippen molar-refractivity contribution in [3.8, 4) is 12.0 Å². The molecule has 7 heteroatoms. The molecular formula is C10H17ClN4O2. The van der Waals surface area contributed by atoms with Gasteiger partial charge >= 0.3 is 12.0 Å². The van der Waals surface area contributed by atoms with Crippen LogP contribution in [-0.2, 0) is 0 Å². The van der Waals surface area contributed by atoms with E-state index in [1.54, 1.807) is 0 Å². The zero-order valence-electron chi connectivity index (χ0n) is 10.4. The maximum absolute atomic E-state index is 5.86. The van der Waals surface area contributed by atoms with Gasteiger partial charge in [-0.1, -0.05) is 13.8 Å². The molecule has 17 heavy (non-hydrogen) atoms. The zero-order valence-corrected chi connectivity index (χ0v) is 11.2. The van der Waals surface area contributed by atoms with E-state index >= 15 is 0 Å². The molecule has 1 aromatic heterocycles. The van der Waals surface area contributed by atoms with E-state index < -0.39 is 0 Å². The second kappa shape index (κ2) is 6.44. The third-order valence-corrected chi connectivity index (χ3v) is 2.58. The van der Waals surface area contributed by atoms with Crippen LogP contribution in [0.25, 0.3) is 0 Å². The number of alkyl halides is 1. The lowest BCUT2D eigenvalue weighted by Crippen LogP contribution is -2.28. The van der Waals surface area contributed by atoms with Gasteiger partial charge in [-0.2, -0.15) is 9.97 Å². The Labute approximate surface area is 106 Å². The molecule has 1 atom stereocenters. The van der Waals surface area contributed by atoms with Crippen molar-refractivity contribution in [1.82, 2.24) is 15.0 Å². The van der Waals surface area contributed by atoms with Gasteiger partial charge in [-0.3, -0.25) is 0 Å². The van der Waals surface area contributed by atoms with Gasteiger partial charge < -0.3 is 14.8 Å². The van der Waals surface area contributed by atoms with Crippen LogP contribution in [-0.4, -0.2) is 41.1 Å². The van der Waals surface area contributed by atoms with E-state index in [0.29, 0.717) is 17.7 Å². The molecule has 1 rings (SSSR count). The van der Waals surface area contributed by atoms with E-state index in [9.17, 15) is 0 Å². The lowest BCUT2D eigenvalue weighted by molar-refractivity contribution is 0.340. The van der Waals surface area contributed by atoms with Gasteiger partial charge in [0.05, 0.1) is 14.2 Å². The molecule has 1 unspecified atom stereocenters. The molecule has 0 amide bonds. The first-order chi connectivity index (χ1) is 8.10. The second-order valence-electron chi connectivity index (χ2n) is 3.78. The van der Waals surface area contributed by atoms with Gasteiger partial charge in [0, 0.05) is 11.9 Å². The summed E-state index contributed by atoms with van der Waals surface area (Å²) in [7, 11) is 2.97. The summed E-state index contributed by atoms with van der Waals surface area (Å²) in [5.74, 6) is 1.22. The third kappa shape index (κ3) is 3.89. The highest BCUT2D eigenvalue weighted by Crippen LogP contribution is 2.15. The van der Waals surface area contributed by atoms with E-state index in [0.717, 1.165) is 0 Å². The molecule has 96 valence electrons. The summed E-state index contributed by atoms with van der Waals surface area (Å²) in [6.07, 6.45) is 0. The summed E-state index contributed by atoms with van der Waals surface area (Å²) >= 11 is 5.86. The molecule has 0 saturated carbocycles. The van der Waals surface area contributed by atoms with Crippen LogP contribution in [0.2, 0.25) is 0 Å². The lowest BCUT2D eigenvalue weighted by atomic mass is 10.1. The summed E-state index contributed by atoms with van der Waals surface area (Å²) in [4.78, 5) is 12.1. The first-order valence-electron chi connectivity index (χ1n) is 5.27. The van der Waals surface area contributed by atoms with Gasteiger partial charge in [-0.15, -0.1) is 16.6 Å². The number of hydrogen-bond acceptors (Lipinski definition) is 6. The Kier molecular flexibility index (Phi) is 5.21. The number of anilines is 1. The van der Waals surface area contributed by atoms with Crippen LogP contribution >= 0.6 is 11.6 Å². The van der Waals surface area contributed by atoms with Gasteiger partial charge in [0.25, 0.3) is 0 Å². The number of aromatic nitrogens is 3. The predicted molar refractivity (Wildman–Crippen MR) is 65.9 cm³/mol. The van der Waals surface area contributed by atoms with Crippen LogP contribution in [0.1, 0.15) is 13.8 Å². The van der Waals surface area contributed by atoms with Gasteiger partial charge in [0.1, 0.15) is 0 Å². The molecule has 0 fully saturated rings. The zero-order chi connectivity index (χ0) is 12.8. The van der Waals surface area contributed by atoms with Gasteiger partial charge in [0.15, 0.2) is 0 Å². The molecule has 0 aromatic carbocycles. The Hall–Kier alpha value is -1.30. The highest BCUT2D eigenvalue weighted by atomic mass is 35.5. The molecule has 0 saturated heterocycles. The van der Waals surface area contributed by atoms with Crippen LogP contribution in [0, 0.1) is 5.92 Å². The topological polar surface area (TPSA) is 69.2 Å². The third-order valence-electron chi connectivity index (χ3n) is 2.24. The summed E-state index contributed by atoms with van der Waals surface area (Å²) < 4.78 is 9.92. The Morgan fingerprint density at radius 1 is 1.12 bits per heavy atom. The van der Waals surface area contributed by atoms with Crippen LogP contribution in [0.5, 0.6) is 12.0 Å². The standard InChI is InChI=1S/C10H17ClN4O2/c1-6(2)7(5-11)12-8-13-9(16-3)15-10(14-8)17-4/h6-7H,5H2,1-4H3,(H,12,13,14,15). The predicted octanol–water partition coefficient (Wildman–Crippen LogP) is 1.56. The molecule has 6 nitrogen and oxygen atoms in total. The first-order valence-corrected chi connectivity index (χ1v) is 5.80. The molecule has 0 aliphatic rings. The average molecular weight is 261 g/mol. The minimum absolute atomic E-state index is 0.0773. The molecule has 1 aromatic rings. The SMILES string of the molecule is COc1nc(NC(CCl)C(C)C)nc(OC)n1. The summed E-state index contributed by atoms with van der Waals surface area (Å²) in [5.41, 5.74) is 0. The highest BCUT2D eigenvalue weighted by Gasteiger charge is 2.15. The second-order valence-corrected chi connectivity index (χ2v) is 4.09. The molecular weight excluding hydrogens is 244 g/mol. The normalized spacial score (nSPS) is 12.4. The number of nitrogens with zero attached hydrogens (tertiary/aromatic N) is 3. The van der Waals surface area contributed by atoms with Crippen molar-refractivity contribution < 1.29 is 9.47 Å². The van der Waals surface area contributed by atoms with Crippen molar-refractivity contribution in [2.24, 2.45) is 5.92 Å². The maximum Gasteiger partial charge on any atom is 0.324 e. The first kappa shape index (κ1) is 13.8. The number of nitrogens with one attached hydrogen (secondary N) is 1. The smallest absolute Gasteiger partial charge is 0.324 e. The molecule has 0 aliphatic carbocycles. The van der Waals surface area contributed by atoms with Crippen LogP contribution < -0.4 is 14.8 Å². The monoisotopic (exact) mass is 260 g/mol. The molecule has 0 radical (unpaired) electrons. The fourth-order valence-corrected chi connectivity index (χ4v) is 1.57. The van der Waals surface area contributed by atoms with Crippen molar-refractivity contribution in [2.75, 3.05) is 25.4 Å². The van der Waals surface area contributed by atoms with Gasteiger partial charge in [0.2, 0.25) is 5.95 Å². The largest absolute Gasteiger partial charge is 0.467 e. The van der Waals surface area contributed by atoms with Crippen LogP contribution in [0.4, 0.5) is 5.95 Å². The Morgan fingerprint density at radius 2 is 1.65 bits per heavy atom. The van der Waals surface area contributed by atoms with Crippen LogP contribution in [0.3, 0.4) is 0 Å². The Balaban J connectivity index is 2.89. The minimum atomic E-state index is 0.0773. The lowest BCUT2D eigenvalue weighted by Gasteiger charge is -2.19. The van der Waals surface area contributed by atoms with Crippen molar-refractivity contribution in [3.05, 3.63) is 0 Å². The van der Waals surface area contributed by atoms with Crippen molar-refractivity contribution in [3.63, 3.8) is 0 Å². The molecule has 1 heterocycles. The number of methoxy groups -OCH3 is 2. The van der Waals surface area contributed by atoms with E-state index in [2.05, 4.69) is 34.1 Å². The van der Waals surface area contributed by atoms with Crippen molar-refractivity contribution in [1.29, 1.82) is 0 Å². The van der Waals surface area contributed by atoms with Crippen molar-refractivity contribution in [2.45, 2.75) is 19.9 Å². The maximum atomic E-state index is 5.86. The minimum Gasteiger partial charge on any atom is -0.467 e. The quantitative estimate of drug-likeness (QED) is 0.783. The summed E-state index contributed by atoms with van der Waals surface area (Å²) in [6, 6.07) is 0.487. The molecule has 0 spiro atoms. The van der Waals surface area contributed by atoms with E-state index in [4.69, 9.17) is 21.1 Å². The number of hydrogen-bond donors (Lipinski definition) is 1. The number of rotatable bonds is 6. The molecule has 0 aliphatic heterocycles. The Morgan fingerprint density at radius 3 is 2.00 bits per heavy atom. The number of halogens is 1. The summed E-state index contributed by atoms with van der Waals surface area (Å²) in [5, 5.41) is 3.12. The van der Waals surface area contributed by atoms with Gasteiger partial charge in [-0.05, 0) is 5.92 Å². The fourth-order valence-electron chi connectivity index (χ4n) is 1.13. The number of ether oxygens (including phenoxy) is 2. The Bertz CT molecular complexity index is 340. The van der Waals surface area contributed by atoms with E-state index in [1.165, 1.54) is 14.2 Å². The fraction of sp³-hybridized carbons (Fsp3) is 0.700. The molecule has 1 N–H and O–H groups in total. The van der Waals surface area contributed by atoms with E-state index in [-0.39, 0.29) is 18.1 Å². The highest BCUT2D eigenvalue weighted by molar-refractivity contribution is 6.18. The van der Waals surface area contributed by atoms with E-state index in [1.807, 2.05) is 0 Å².